The van der Waals surface area contributed by atoms with Gasteiger partial charge in [0.2, 0.25) is 0 Å². The van der Waals surface area contributed by atoms with E-state index in [-0.39, 0.29) is 12.4 Å². The highest BCUT2D eigenvalue weighted by Gasteiger charge is 2.18. The second-order valence-corrected chi connectivity index (χ2v) is 2.35. The van der Waals surface area contributed by atoms with Crippen LogP contribution < -0.4 is 5.32 Å². The number of hydrogen-bond donors (Lipinski definition) is 1. The van der Waals surface area contributed by atoms with E-state index in [2.05, 4.69) is 5.32 Å². The normalized spacial score (nSPS) is 23.0. The summed E-state index contributed by atoms with van der Waals surface area (Å²) in [7, 11) is 0. The molecule has 3 heteroatoms. The van der Waals surface area contributed by atoms with Crippen LogP contribution in [0.2, 0.25) is 0 Å². The Morgan fingerprint density at radius 1 is 1.60 bits per heavy atom. The van der Waals surface area contributed by atoms with Crippen molar-refractivity contribution in [3.8, 4) is 0 Å². The topological polar surface area (TPSA) is 25.2 Å². The highest BCUT2D eigenvalue weighted by molar-refractivity contribution is 5.85. The van der Waals surface area contributed by atoms with Crippen molar-refractivity contribution in [1.29, 1.82) is 0 Å². The molecule has 1 saturated heterocycles. The van der Waals surface area contributed by atoms with Crippen LogP contribution in [0.3, 0.4) is 0 Å². The summed E-state index contributed by atoms with van der Waals surface area (Å²) in [5.74, 6) is 0. The van der Waals surface area contributed by atoms with Gasteiger partial charge < -0.3 is 9.73 Å². The Bertz CT molecular complexity index is 181. The van der Waals surface area contributed by atoms with Crippen LogP contribution >= 0.6 is 12.4 Å². The predicted octanol–water partition coefficient (Wildman–Crippen LogP) is 1.74. The van der Waals surface area contributed by atoms with E-state index in [1.54, 1.807) is 12.5 Å². The summed E-state index contributed by atoms with van der Waals surface area (Å²) in [6, 6.07) is 2.58. The van der Waals surface area contributed by atoms with E-state index >= 15 is 0 Å². The summed E-state index contributed by atoms with van der Waals surface area (Å²) in [5.41, 5.74) is 1.28. The molecular formula is C7H10ClNO. The maximum Gasteiger partial charge on any atom is 0.0950 e. The van der Waals surface area contributed by atoms with Crippen molar-refractivity contribution < 1.29 is 4.42 Å². The van der Waals surface area contributed by atoms with Crippen molar-refractivity contribution in [2.75, 3.05) is 6.54 Å². The Hall–Kier alpha value is -0.470. The summed E-state index contributed by atoms with van der Waals surface area (Å²) in [4.78, 5) is 0. The molecule has 1 aliphatic rings. The van der Waals surface area contributed by atoms with E-state index in [9.17, 15) is 0 Å². The predicted molar refractivity (Wildman–Crippen MR) is 41.3 cm³/mol. The standard InChI is InChI=1S/C7H9NO.ClH/c1-3-8-7(1)6-2-4-9-5-6;/h2,4-5,7-8H,1,3H2;1H/t7-;/m0./s1. The quantitative estimate of drug-likeness (QED) is 0.675. The van der Waals surface area contributed by atoms with E-state index in [1.807, 2.05) is 6.07 Å². The minimum atomic E-state index is 0. The fourth-order valence-electron chi connectivity index (χ4n) is 1.05. The van der Waals surface area contributed by atoms with Crippen molar-refractivity contribution in [3.05, 3.63) is 24.2 Å². The third kappa shape index (κ3) is 1.18. The minimum Gasteiger partial charge on any atom is -0.472 e. The van der Waals surface area contributed by atoms with Crippen molar-refractivity contribution in [3.63, 3.8) is 0 Å². The first-order valence-electron chi connectivity index (χ1n) is 3.22. The number of furan rings is 1. The first-order valence-corrected chi connectivity index (χ1v) is 3.22. The van der Waals surface area contributed by atoms with Crippen molar-refractivity contribution in [2.24, 2.45) is 0 Å². The molecule has 0 aliphatic carbocycles. The van der Waals surface area contributed by atoms with Gasteiger partial charge in [-0.25, -0.2) is 0 Å². The lowest BCUT2D eigenvalue weighted by Gasteiger charge is -2.26. The summed E-state index contributed by atoms with van der Waals surface area (Å²) < 4.78 is 4.93. The van der Waals surface area contributed by atoms with Crippen LogP contribution in [0.15, 0.2) is 23.0 Å². The summed E-state index contributed by atoms with van der Waals surface area (Å²) in [6.07, 6.45) is 4.77. The lowest BCUT2D eigenvalue weighted by Crippen LogP contribution is -2.34. The molecule has 10 heavy (non-hydrogen) atoms. The molecular weight excluding hydrogens is 150 g/mol. The van der Waals surface area contributed by atoms with Crippen molar-refractivity contribution >= 4 is 12.4 Å². The van der Waals surface area contributed by atoms with Crippen LogP contribution in [-0.2, 0) is 0 Å². The van der Waals surface area contributed by atoms with Crippen LogP contribution in [0.5, 0.6) is 0 Å². The van der Waals surface area contributed by atoms with Gasteiger partial charge in [-0.3, -0.25) is 0 Å². The van der Waals surface area contributed by atoms with Crippen LogP contribution in [-0.4, -0.2) is 6.54 Å². The van der Waals surface area contributed by atoms with Crippen LogP contribution in [0.4, 0.5) is 0 Å². The third-order valence-corrected chi connectivity index (χ3v) is 1.77. The third-order valence-electron chi connectivity index (χ3n) is 1.77. The van der Waals surface area contributed by atoms with Gasteiger partial charge in [-0.05, 0) is 19.0 Å². The molecule has 0 saturated carbocycles. The highest BCUT2D eigenvalue weighted by atomic mass is 35.5. The van der Waals surface area contributed by atoms with Gasteiger partial charge in [0.1, 0.15) is 0 Å². The number of hydrogen-bond acceptors (Lipinski definition) is 2. The average molecular weight is 160 g/mol. The van der Waals surface area contributed by atoms with Gasteiger partial charge in [0.25, 0.3) is 0 Å². The van der Waals surface area contributed by atoms with Crippen LogP contribution in [0.1, 0.15) is 18.0 Å². The molecule has 0 unspecified atom stereocenters. The SMILES string of the molecule is Cl.c1cc([C@@H]2CCN2)co1. The molecule has 2 rings (SSSR count). The second-order valence-electron chi connectivity index (χ2n) is 2.35. The Balaban J connectivity index is 0.000000500. The number of rotatable bonds is 1. The zero-order valence-corrected chi connectivity index (χ0v) is 6.36. The molecule has 0 radical (unpaired) electrons. The Morgan fingerprint density at radius 2 is 2.40 bits per heavy atom. The highest BCUT2D eigenvalue weighted by Crippen LogP contribution is 2.22. The number of nitrogens with one attached hydrogen (secondary N) is 1. The lowest BCUT2D eigenvalue weighted by atomic mass is 10.0. The van der Waals surface area contributed by atoms with E-state index in [4.69, 9.17) is 4.42 Å². The zero-order chi connectivity index (χ0) is 6.10. The maximum atomic E-state index is 4.93. The molecule has 0 amide bonds. The van der Waals surface area contributed by atoms with Gasteiger partial charge in [0.15, 0.2) is 0 Å². The number of halogens is 1. The molecule has 1 atom stereocenters. The molecule has 56 valence electrons. The Labute approximate surface area is 66.0 Å². The molecule has 1 aromatic heterocycles. The zero-order valence-electron chi connectivity index (χ0n) is 5.54. The van der Waals surface area contributed by atoms with Crippen LogP contribution in [0.25, 0.3) is 0 Å². The first-order chi connectivity index (χ1) is 4.47. The van der Waals surface area contributed by atoms with Gasteiger partial charge >= 0.3 is 0 Å². The molecule has 1 aromatic rings. The molecule has 2 nitrogen and oxygen atoms in total. The fourth-order valence-corrected chi connectivity index (χ4v) is 1.05. The van der Waals surface area contributed by atoms with E-state index in [0.29, 0.717) is 6.04 Å². The molecule has 1 aliphatic heterocycles. The Kier molecular flexibility index (Phi) is 2.35. The van der Waals surface area contributed by atoms with Crippen molar-refractivity contribution in [2.45, 2.75) is 12.5 Å². The lowest BCUT2D eigenvalue weighted by molar-refractivity contribution is 0.380. The first kappa shape index (κ1) is 7.63. The second kappa shape index (κ2) is 3.08. The maximum absolute atomic E-state index is 4.93. The molecule has 2 heterocycles. The molecule has 0 spiro atoms. The van der Waals surface area contributed by atoms with Gasteiger partial charge in [-0.15, -0.1) is 12.4 Å². The molecule has 0 bridgehead atoms. The van der Waals surface area contributed by atoms with Gasteiger partial charge in [-0.1, -0.05) is 0 Å². The smallest absolute Gasteiger partial charge is 0.0950 e. The van der Waals surface area contributed by atoms with E-state index in [1.165, 1.54) is 12.0 Å². The fraction of sp³-hybridized carbons (Fsp3) is 0.429. The van der Waals surface area contributed by atoms with E-state index < -0.39 is 0 Å². The van der Waals surface area contributed by atoms with Gasteiger partial charge in [0.05, 0.1) is 12.5 Å². The Morgan fingerprint density at radius 3 is 2.80 bits per heavy atom. The summed E-state index contributed by atoms with van der Waals surface area (Å²) >= 11 is 0. The summed E-state index contributed by atoms with van der Waals surface area (Å²) in [6.45, 7) is 1.15. The molecule has 1 N–H and O–H groups in total. The monoisotopic (exact) mass is 159 g/mol. The largest absolute Gasteiger partial charge is 0.472 e. The molecule has 0 aromatic carbocycles. The molecule has 1 fully saturated rings. The van der Waals surface area contributed by atoms with E-state index in [0.717, 1.165) is 6.54 Å². The van der Waals surface area contributed by atoms with Crippen molar-refractivity contribution in [1.82, 2.24) is 5.32 Å². The van der Waals surface area contributed by atoms with Gasteiger partial charge in [0, 0.05) is 11.6 Å². The van der Waals surface area contributed by atoms with Crippen LogP contribution in [0, 0.1) is 0 Å². The minimum absolute atomic E-state index is 0. The summed E-state index contributed by atoms with van der Waals surface area (Å²) in [5, 5.41) is 3.29. The average Bonchev–Trinajstić information content (AvgIpc) is 2.11. The van der Waals surface area contributed by atoms with Gasteiger partial charge in [-0.2, -0.15) is 0 Å².